The van der Waals surface area contributed by atoms with Crippen LogP contribution in [-0.4, -0.2) is 36.7 Å². The van der Waals surface area contributed by atoms with Gasteiger partial charge in [-0.05, 0) is 73.3 Å². The van der Waals surface area contributed by atoms with E-state index in [1.165, 1.54) is 21.8 Å². The van der Waals surface area contributed by atoms with Crippen LogP contribution in [0.1, 0.15) is 36.6 Å². The number of rotatable bonds is 7. The number of thiophene rings is 1. The van der Waals surface area contributed by atoms with Gasteiger partial charge in [-0.1, -0.05) is 6.07 Å². The molecule has 2 heterocycles. The lowest BCUT2D eigenvalue weighted by molar-refractivity contribution is -0.139. The standard InChI is InChI=1S/C22H26N2O4S/c1-5-24-18(12-28-17-8-7-14(3)15(4)11-17)19(21(25)27-6-2)20(23-22(24)26)16-9-10-29-13-16/h7-11,13,20H,5-6,12H2,1-4H3,(H,23,26)/t20-/m0/s1. The fraction of sp³-hybridized carbons (Fsp3) is 0.364. The highest BCUT2D eigenvalue weighted by atomic mass is 32.1. The molecule has 0 fully saturated rings. The molecule has 0 aliphatic carbocycles. The summed E-state index contributed by atoms with van der Waals surface area (Å²) in [5.74, 6) is 0.249. The first kappa shape index (κ1) is 20.9. The number of carbonyl (C=O) groups is 2. The molecule has 0 radical (unpaired) electrons. The van der Waals surface area contributed by atoms with Gasteiger partial charge in [0.15, 0.2) is 0 Å². The fourth-order valence-electron chi connectivity index (χ4n) is 3.29. The number of nitrogens with zero attached hydrogens (tertiary/aromatic N) is 1. The molecule has 3 rings (SSSR count). The van der Waals surface area contributed by atoms with Gasteiger partial charge in [0.25, 0.3) is 0 Å². The van der Waals surface area contributed by atoms with Crippen LogP contribution < -0.4 is 10.1 Å². The zero-order chi connectivity index (χ0) is 21.0. The van der Waals surface area contributed by atoms with Crippen LogP contribution in [0.15, 0.2) is 46.3 Å². The number of urea groups is 1. The molecule has 2 amide bonds. The maximum absolute atomic E-state index is 12.9. The highest BCUT2D eigenvalue weighted by Crippen LogP contribution is 2.33. The molecule has 7 heteroatoms. The normalized spacial score (nSPS) is 16.6. The summed E-state index contributed by atoms with van der Waals surface area (Å²) in [7, 11) is 0. The van der Waals surface area contributed by atoms with E-state index in [1.807, 2.05) is 55.8 Å². The summed E-state index contributed by atoms with van der Waals surface area (Å²) in [6, 6.07) is 6.92. The van der Waals surface area contributed by atoms with E-state index in [0.29, 0.717) is 23.6 Å². The van der Waals surface area contributed by atoms with Crippen LogP contribution in [-0.2, 0) is 9.53 Å². The monoisotopic (exact) mass is 414 g/mol. The first-order chi connectivity index (χ1) is 14.0. The highest BCUT2D eigenvalue weighted by molar-refractivity contribution is 7.08. The molecule has 0 saturated carbocycles. The van der Waals surface area contributed by atoms with Crippen molar-refractivity contribution in [2.45, 2.75) is 33.7 Å². The molecule has 0 spiro atoms. The summed E-state index contributed by atoms with van der Waals surface area (Å²) in [6.07, 6.45) is 0. The Balaban J connectivity index is 2.02. The summed E-state index contributed by atoms with van der Waals surface area (Å²) < 4.78 is 11.3. The molecule has 2 aromatic rings. The first-order valence-electron chi connectivity index (χ1n) is 9.66. The third kappa shape index (κ3) is 4.45. The maximum Gasteiger partial charge on any atom is 0.338 e. The molecule has 1 aliphatic rings. The Morgan fingerprint density at radius 1 is 1.21 bits per heavy atom. The zero-order valence-electron chi connectivity index (χ0n) is 17.2. The molecule has 1 aliphatic heterocycles. The van der Waals surface area contributed by atoms with Gasteiger partial charge in [0, 0.05) is 6.54 Å². The minimum absolute atomic E-state index is 0.0958. The van der Waals surface area contributed by atoms with E-state index in [4.69, 9.17) is 9.47 Å². The van der Waals surface area contributed by atoms with E-state index in [0.717, 1.165) is 11.1 Å². The summed E-state index contributed by atoms with van der Waals surface area (Å²) >= 11 is 1.51. The number of nitrogens with one attached hydrogen (secondary N) is 1. The van der Waals surface area contributed by atoms with Crippen LogP contribution >= 0.6 is 11.3 Å². The van der Waals surface area contributed by atoms with Crippen LogP contribution in [0.3, 0.4) is 0 Å². The number of hydrogen-bond donors (Lipinski definition) is 1. The molecule has 0 bridgehead atoms. The van der Waals surface area contributed by atoms with Gasteiger partial charge in [0.2, 0.25) is 0 Å². The first-order valence-corrected chi connectivity index (χ1v) is 10.6. The third-order valence-corrected chi connectivity index (χ3v) is 5.68. The molecule has 1 aromatic carbocycles. The second-order valence-corrected chi connectivity index (χ2v) is 7.58. The zero-order valence-corrected chi connectivity index (χ0v) is 18.0. The number of hydrogen-bond acceptors (Lipinski definition) is 5. The minimum Gasteiger partial charge on any atom is -0.487 e. The Morgan fingerprint density at radius 2 is 2.00 bits per heavy atom. The van der Waals surface area contributed by atoms with Gasteiger partial charge in [0.1, 0.15) is 12.4 Å². The smallest absolute Gasteiger partial charge is 0.338 e. The predicted molar refractivity (Wildman–Crippen MR) is 113 cm³/mol. The van der Waals surface area contributed by atoms with Gasteiger partial charge < -0.3 is 14.8 Å². The highest BCUT2D eigenvalue weighted by Gasteiger charge is 2.38. The lowest BCUT2D eigenvalue weighted by Crippen LogP contribution is -2.49. The van der Waals surface area contributed by atoms with Gasteiger partial charge in [-0.25, -0.2) is 9.59 Å². The molecule has 29 heavy (non-hydrogen) atoms. The molecule has 154 valence electrons. The van der Waals surface area contributed by atoms with Crippen molar-refractivity contribution in [3.63, 3.8) is 0 Å². The minimum atomic E-state index is -0.561. The van der Waals surface area contributed by atoms with E-state index in [-0.39, 0.29) is 19.2 Å². The molecule has 1 atom stereocenters. The Hall–Kier alpha value is -2.80. The largest absolute Gasteiger partial charge is 0.487 e. The molecular formula is C22H26N2O4S. The van der Waals surface area contributed by atoms with Crippen LogP contribution in [0, 0.1) is 13.8 Å². The topological polar surface area (TPSA) is 67.9 Å². The van der Waals surface area contributed by atoms with Crippen LogP contribution in [0.4, 0.5) is 4.79 Å². The number of benzene rings is 1. The van der Waals surface area contributed by atoms with Gasteiger partial charge in [0.05, 0.1) is 23.9 Å². The van der Waals surface area contributed by atoms with E-state index in [9.17, 15) is 9.59 Å². The Labute approximate surface area is 175 Å². The summed E-state index contributed by atoms with van der Waals surface area (Å²) in [6.45, 7) is 8.45. The predicted octanol–water partition coefficient (Wildman–Crippen LogP) is 4.35. The Kier molecular flexibility index (Phi) is 6.59. The molecule has 6 nitrogen and oxygen atoms in total. The van der Waals surface area contributed by atoms with Crippen molar-refractivity contribution in [1.82, 2.24) is 10.2 Å². The van der Waals surface area contributed by atoms with Gasteiger partial charge in [-0.15, -0.1) is 0 Å². The molecular weight excluding hydrogens is 388 g/mol. The second kappa shape index (κ2) is 9.13. The van der Waals surface area contributed by atoms with Crippen molar-refractivity contribution in [3.8, 4) is 5.75 Å². The van der Waals surface area contributed by atoms with Crippen molar-refractivity contribution < 1.29 is 19.1 Å². The summed E-state index contributed by atoms with van der Waals surface area (Å²) in [5, 5.41) is 6.78. The van der Waals surface area contributed by atoms with E-state index in [2.05, 4.69) is 5.32 Å². The third-order valence-electron chi connectivity index (χ3n) is 4.98. The number of carbonyl (C=O) groups excluding carboxylic acids is 2. The average molecular weight is 415 g/mol. The van der Waals surface area contributed by atoms with E-state index in [1.54, 1.807) is 6.92 Å². The Bertz CT molecular complexity index is 921. The van der Waals surface area contributed by atoms with E-state index < -0.39 is 12.0 Å². The number of amides is 2. The van der Waals surface area contributed by atoms with Crippen molar-refractivity contribution in [2.24, 2.45) is 0 Å². The van der Waals surface area contributed by atoms with Crippen molar-refractivity contribution in [1.29, 1.82) is 0 Å². The Morgan fingerprint density at radius 3 is 2.62 bits per heavy atom. The van der Waals surface area contributed by atoms with Crippen LogP contribution in [0.2, 0.25) is 0 Å². The average Bonchev–Trinajstić information content (AvgIpc) is 3.23. The number of likely N-dealkylation sites (N-methyl/N-ethyl adjacent to an activating group) is 1. The van der Waals surface area contributed by atoms with E-state index >= 15 is 0 Å². The van der Waals surface area contributed by atoms with Gasteiger partial charge in [-0.3, -0.25) is 4.90 Å². The van der Waals surface area contributed by atoms with Crippen LogP contribution in [0.25, 0.3) is 0 Å². The SMILES string of the molecule is CCOC(=O)C1=C(COc2ccc(C)c(C)c2)N(CC)C(=O)N[C@H]1c1ccsc1. The van der Waals surface area contributed by atoms with Crippen LogP contribution in [0.5, 0.6) is 5.75 Å². The van der Waals surface area contributed by atoms with Crippen molar-refractivity contribution in [2.75, 3.05) is 19.8 Å². The molecule has 1 aromatic heterocycles. The van der Waals surface area contributed by atoms with Crippen molar-refractivity contribution >= 4 is 23.3 Å². The lowest BCUT2D eigenvalue weighted by Gasteiger charge is -2.35. The van der Waals surface area contributed by atoms with Gasteiger partial charge in [-0.2, -0.15) is 11.3 Å². The number of esters is 1. The molecule has 0 unspecified atom stereocenters. The summed E-state index contributed by atoms with van der Waals surface area (Å²) in [5.41, 5.74) is 4.09. The summed E-state index contributed by atoms with van der Waals surface area (Å²) in [4.78, 5) is 27.2. The van der Waals surface area contributed by atoms with Gasteiger partial charge >= 0.3 is 12.0 Å². The molecule has 0 saturated heterocycles. The molecule has 1 N–H and O–H groups in total. The number of ether oxygens (including phenoxy) is 2. The second-order valence-electron chi connectivity index (χ2n) is 6.80. The lowest BCUT2D eigenvalue weighted by atomic mass is 9.96. The quantitative estimate of drug-likeness (QED) is 0.684. The van der Waals surface area contributed by atoms with Crippen molar-refractivity contribution in [3.05, 3.63) is 63.0 Å². The fourth-order valence-corrected chi connectivity index (χ4v) is 3.97. The maximum atomic E-state index is 12.9. The number of aryl methyl sites for hydroxylation is 2.